The molecular formula is C21H24N10O11P2S2. The zero-order valence-electron chi connectivity index (χ0n) is 23.0. The molecular weight excluding hydrogens is 694 g/mol. The topological polar surface area (TPSA) is 278 Å². The molecule has 0 aliphatic carbocycles. The molecule has 0 radical (unpaired) electrons. The standard InChI is InChI=1S/C21H24N10O11P2S2/c22-14-8-15(25-4-24-14)30(5-26-8)19-12-13-21(40-19,2-36-12)3-38-44(35,46)41-11-7(1-37-43(34,45)42-13)39-18(10(11)32)31-6-27-9-16(31)28-20(23)29-17(9)33/h4-7,10-13,18-19,32H,1-3H2,(H,34,45)(H,35,46)(H2,22,24,25)(H3,23,28,29,33)/t7?,10-,11-,12-,13+,18-,19-,21-,43-,44-/m1/s1. The summed E-state index contributed by atoms with van der Waals surface area (Å²) in [5.74, 6) is -0.0588. The first-order valence-corrected chi connectivity index (χ1v) is 18.8. The highest BCUT2D eigenvalue weighted by Crippen LogP contribution is 2.63. The summed E-state index contributed by atoms with van der Waals surface area (Å²) >= 11 is 8.33. The quantitative estimate of drug-likeness (QED) is 0.117. The van der Waals surface area contributed by atoms with E-state index in [1.165, 1.54) is 23.5 Å². The van der Waals surface area contributed by atoms with Crippen LogP contribution in [0.15, 0.2) is 23.8 Å². The summed E-state index contributed by atoms with van der Waals surface area (Å²) in [5, 5.41) is 11.3. The number of nitrogen functional groups attached to an aromatic ring is 2. The van der Waals surface area contributed by atoms with Crippen LogP contribution in [0.2, 0.25) is 0 Å². The molecule has 6 N–H and O–H groups in total. The van der Waals surface area contributed by atoms with Gasteiger partial charge in [0.15, 0.2) is 35.1 Å². The Morgan fingerprint density at radius 2 is 1.70 bits per heavy atom. The number of fused-ring (bicyclic) bond motifs is 3. The van der Waals surface area contributed by atoms with Crippen molar-refractivity contribution >= 4 is 72.2 Å². The van der Waals surface area contributed by atoms with Crippen LogP contribution in [0.3, 0.4) is 0 Å². The molecule has 4 saturated heterocycles. The first kappa shape index (κ1) is 30.7. The number of nitrogens with one attached hydrogen (secondary N) is 1. The SMILES string of the molecule is Nc1nc2c(ncn2[C@@H]2OC3CO[P@@](=O)(S)O[C@H]4[C@H]5OC[C@]4(CO[P@@](=O)(S)O[C@H]3[C@H]2O)O[C@H]5n2cnc3c(N)ncnc32)c(=O)[nH]1. The first-order chi connectivity index (χ1) is 21.8. The fourth-order valence-corrected chi connectivity index (χ4v) is 9.00. The minimum atomic E-state index is -4.31. The molecule has 0 saturated carbocycles. The van der Waals surface area contributed by atoms with E-state index in [4.69, 9.17) is 43.8 Å². The summed E-state index contributed by atoms with van der Waals surface area (Å²) in [7, 11) is 0. The molecule has 4 aromatic heterocycles. The number of nitrogens with zero attached hydrogens (tertiary/aromatic N) is 7. The second-order valence-corrected chi connectivity index (χ2v) is 16.6. The van der Waals surface area contributed by atoms with Gasteiger partial charge in [-0.3, -0.25) is 37.0 Å². The van der Waals surface area contributed by atoms with Gasteiger partial charge in [-0.05, 0) is 0 Å². The van der Waals surface area contributed by atoms with Gasteiger partial charge < -0.3 is 30.8 Å². The largest absolute Gasteiger partial charge is 0.386 e. The second-order valence-electron chi connectivity index (χ2n) is 10.9. The van der Waals surface area contributed by atoms with Crippen LogP contribution in [0.5, 0.6) is 0 Å². The molecule has 21 nitrogen and oxygen atoms in total. The van der Waals surface area contributed by atoms with E-state index in [0.717, 1.165) is 0 Å². The molecule has 25 heteroatoms. The monoisotopic (exact) mass is 718 g/mol. The number of hydrogen-bond donors (Lipinski definition) is 6. The number of anilines is 2. The van der Waals surface area contributed by atoms with Crippen LogP contribution >= 0.6 is 38.1 Å². The summed E-state index contributed by atoms with van der Waals surface area (Å²) in [6.45, 7) is -9.69. The molecule has 4 aliphatic heterocycles. The number of ether oxygens (including phenoxy) is 3. The number of nitrogens with two attached hydrogens (primary N) is 2. The third kappa shape index (κ3) is 4.89. The Balaban J connectivity index is 1.10. The van der Waals surface area contributed by atoms with Crippen LogP contribution in [0.1, 0.15) is 12.5 Å². The summed E-state index contributed by atoms with van der Waals surface area (Å²) in [6, 6.07) is 0. The van der Waals surface area contributed by atoms with E-state index in [1.54, 1.807) is 4.57 Å². The van der Waals surface area contributed by atoms with Crippen molar-refractivity contribution in [2.24, 2.45) is 0 Å². The zero-order chi connectivity index (χ0) is 32.2. The number of thiol groups is 2. The molecule has 4 fully saturated rings. The molecule has 0 spiro atoms. The summed E-state index contributed by atoms with van der Waals surface area (Å²) in [6.07, 6.45) is -4.65. The molecule has 4 aromatic rings. The summed E-state index contributed by atoms with van der Waals surface area (Å²) in [5.41, 5.74) is 10.1. The number of aromatic nitrogens is 8. The Morgan fingerprint density at radius 3 is 2.50 bits per heavy atom. The highest BCUT2D eigenvalue weighted by molar-refractivity contribution is 8.44. The molecule has 246 valence electrons. The fourth-order valence-electron chi connectivity index (χ4n) is 5.99. The third-order valence-electron chi connectivity index (χ3n) is 8.04. The molecule has 10 atom stereocenters. The number of aromatic amines is 1. The lowest BCUT2D eigenvalue weighted by Crippen LogP contribution is -2.46. The maximum atomic E-state index is 13.6. The number of imidazole rings is 2. The highest BCUT2D eigenvalue weighted by atomic mass is 32.7. The van der Waals surface area contributed by atoms with Gasteiger partial charge >= 0.3 is 13.6 Å². The average molecular weight is 719 g/mol. The Labute approximate surface area is 266 Å². The third-order valence-corrected chi connectivity index (χ3v) is 11.2. The van der Waals surface area contributed by atoms with Crippen molar-refractivity contribution < 1.29 is 46.5 Å². The minimum absolute atomic E-state index is 0.00786. The van der Waals surface area contributed by atoms with Crippen molar-refractivity contribution in [2.45, 2.75) is 48.6 Å². The number of aliphatic hydroxyl groups is 1. The Bertz CT molecular complexity index is 2030. The van der Waals surface area contributed by atoms with Gasteiger partial charge in [-0.2, -0.15) is 4.98 Å². The normalized spacial score (nSPS) is 39.7. The molecule has 46 heavy (non-hydrogen) atoms. The molecule has 8 heterocycles. The molecule has 1 unspecified atom stereocenters. The van der Waals surface area contributed by atoms with E-state index in [2.05, 4.69) is 54.4 Å². The molecule has 0 amide bonds. The number of H-pyrrole nitrogens is 1. The van der Waals surface area contributed by atoms with E-state index in [1.807, 2.05) is 0 Å². The highest BCUT2D eigenvalue weighted by Gasteiger charge is 2.66. The van der Waals surface area contributed by atoms with Gasteiger partial charge in [0.2, 0.25) is 5.95 Å². The smallest absolute Gasteiger partial charge is 0.386 e. The van der Waals surface area contributed by atoms with Gasteiger partial charge in [0, 0.05) is 0 Å². The lowest BCUT2D eigenvalue weighted by atomic mass is 10.0. The van der Waals surface area contributed by atoms with Crippen LogP contribution in [-0.2, 0) is 41.4 Å². The lowest BCUT2D eigenvalue weighted by Gasteiger charge is -2.33. The van der Waals surface area contributed by atoms with Crippen LogP contribution in [-0.4, -0.2) is 100 Å². The van der Waals surface area contributed by atoms with E-state index < -0.39 is 80.9 Å². The maximum Gasteiger partial charge on any atom is 0.386 e. The van der Waals surface area contributed by atoms with Crippen molar-refractivity contribution in [1.82, 2.24) is 39.0 Å². The van der Waals surface area contributed by atoms with Crippen molar-refractivity contribution in [3.05, 3.63) is 29.3 Å². The van der Waals surface area contributed by atoms with Crippen LogP contribution in [0.4, 0.5) is 11.8 Å². The molecule has 4 aliphatic rings. The predicted molar refractivity (Wildman–Crippen MR) is 160 cm³/mol. The number of hydrogen-bond acceptors (Lipinski definition) is 18. The van der Waals surface area contributed by atoms with Gasteiger partial charge in [-0.15, -0.1) is 0 Å². The van der Waals surface area contributed by atoms with Crippen molar-refractivity contribution in [1.29, 1.82) is 0 Å². The average Bonchev–Trinajstić information content (AvgIpc) is 3.80. The Hall–Kier alpha value is -2.66. The van der Waals surface area contributed by atoms with E-state index in [9.17, 15) is 19.0 Å². The zero-order valence-corrected chi connectivity index (χ0v) is 26.6. The van der Waals surface area contributed by atoms with Gasteiger partial charge in [0.1, 0.15) is 48.0 Å². The van der Waals surface area contributed by atoms with Crippen LogP contribution in [0, 0.1) is 0 Å². The predicted octanol–water partition coefficient (Wildman–Crippen LogP) is -0.0584. The summed E-state index contributed by atoms with van der Waals surface area (Å²) in [4.78, 5) is 35.1. The Kier molecular flexibility index (Phi) is 7.11. The first-order valence-electron chi connectivity index (χ1n) is 13.4. The lowest BCUT2D eigenvalue weighted by molar-refractivity contribution is -0.183. The van der Waals surface area contributed by atoms with Crippen LogP contribution < -0.4 is 17.0 Å². The van der Waals surface area contributed by atoms with Gasteiger partial charge in [0.05, 0.1) is 32.5 Å². The number of rotatable bonds is 2. The van der Waals surface area contributed by atoms with Crippen LogP contribution in [0.25, 0.3) is 22.3 Å². The van der Waals surface area contributed by atoms with Gasteiger partial charge in [0.25, 0.3) is 5.56 Å². The second kappa shape index (κ2) is 10.7. The fraction of sp³-hybridized carbons (Fsp3) is 0.524. The van der Waals surface area contributed by atoms with E-state index in [-0.39, 0.29) is 29.5 Å². The molecule has 2 bridgehead atoms. The maximum absolute atomic E-state index is 13.6. The van der Waals surface area contributed by atoms with Crippen molar-refractivity contribution in [2.75, 3.05) is 31.3 Å². The minimum Gasteiger partial charge on any atom is -0.386 e. The number of aliphatic hydroxyl groups excluding tert-OH is 1. The Morgan fingerprint density at radius 1 is 0.957 bits per heavy atom. The molecule has 0 aromatic carbocycles. The van der Waals surface area contributed by atoms with Gasteiger partial charge in [-0.25, -0.2) is 29.1 Å². The van der Waals surface area contributed by atoms with Gasteiger partial charge in [-0.1, -0.05) is 24.5 Å². The van der Waals surface area contributed by atoms with Crippen molar-refractivity contribution in [3.63, 3.8) is 0 Å². The van der Waals surface area contributed by atoms with Crippen molar-refractivity contribution in [3.8, 4) is 0 Å². The summed E-state index contributed by atoms with van der Waals surface area (Å²) < 4.78 is 71.3. The van der Waals surface area contributed by atoms with E-state index >= 15 is 0 Å². The van der Waals surface area contributed by atoms with E-state index in [0.29, 0.717) is 11.2 Å². The molecule has 8 rings (SSSR count).